The van der Waals surface area contributed by atoms with Gasteiger partial charge in [0, 0.05) is 19.2 Å². The predicted molar refractivity (Wildman–Crippen MR) is 80.1 cm³/mol. The highest BCUT2D eigenvalue weighted by Gasteiger charge is 2.26. The van der Waals surface area contributed by atoms with Gasteiger partial charge in [0.2, 0.25) is 5.82 Å². The number of anilines is 2. The van der Waals surface area contributed by atoms with E-state index in [4.69, 9.17) is 0 Å². The Morgan fingerprint density at radius 2 is 2.15 bits per heavy atom. The Morgan fingerprint density at radius 3 is 2.80 bits per heavy atom. The molecule has 0 bridgehead atoms. The molecular weight excluding hydrogens is 256 g/mol. The molecule has 0 spiro atoms. The quantitative estimate of drug-likeness (QED) is 0.637. The summed E-state index contributed by atoms with van der Waals surface area (Å²) in [5.74, 6) is 1.59. The zero-order chi connectivity index (χ0) is 14.5. The Balaban J connectivity index is 2.23. The summed E-state index contributed by atoms with van der Waals surface area (Å²) in [6, 6.07) is 3.42. The zero-order valence-corrected chi connectivity index (χ0v) is 12.1. The summed E-state index contributed by atoms with van der Waals surface area (Å²) in [5.41, 5.74) is 0.0458. The summed E-state index contributed by atoms with van der Waals surface area (Å²) in [6.45, 7) is 2.18. The van der Waals surface area contributed by atoms with Crippen LogP contribution in [0.4, 0.5) is 17.3 Å². The third-order valence-corrected chi connectivity index (χ3v) is 4.08. The van der Waals surface area contributed by atoms with Gasteiger partial charge in [-0.1, -0.05) is 26.2 Å². The Labute approximate surface area is 119 Å². The van der Waals surface area contributed by atoms with Crippen molar-refractivity contribution >= 4 is 17.3 Å². The smallest absolute Gasteiger partial charge is 0.311 e. The third kappa shape index (κ3) is 3.18. The van der Waals surface area contributed by atoms with Crippen LogP contribution >= 0.6 is 0 Å². The second-order valence-corrected chi connectivity index (χ2v) is 5.27. The molecule has 0 amide bonds. The van der Waals surface area contributed by atoms with Crippen LogP contribution in [0.1, 0.15) is 39.0 Å². The van der Waals surface area contributed by atoms with Crippen molar-refractivity contribution in [1.82, 2.24) is 4.98 Å². The molecule has 20 heavy (non-hydrogen) atoms. The topological polar surface area (TPSA) is 80.1 Å². The second-order valence-electron chi connectivity index (χ2n) is 5.27. The molecular formula is C14H22N4O2. The Kier molecular flexibility index (Phi) is 4.76. The first kappa shape index (κ1) is 14.6. The van der Waals surface area contributed by atoms with Gasteiger partial charge in [0.15, 0.2) is 0 Å². The molecule has 0 aromatic carbocycles. The fourth-order valence-electron chi connectivity index (χ4n) is 2.91. The van der Waals surface area contributed by atoms with Gasteiger partial charge in [0.25, 0.3) is 0 Å². The van der Waals surface area contributed by atoms with Crippen molar-refractivity contribution in [2.75, 3.05) is 17.7 Å². The van der Waals surface area contributed by atoms with E-state index in [0.717, 1.165) is 12.8 Å². The first-order valence-electron chi connectivity index (χ1n) is 7.25. The lowest BCUT2D eigenvalue weighted by atomic mass is 9.83. The van der Waals surface area contributed by atoms with Gasteiger partial charge in [-0.15, -0.1) is 0 Å². The van der Waals surface area contributed by atoms with Crippen LogP contribution in [0.2, 0.25) is 0 Å². The largest absolute Gasteiger partial charge is 0.373 e. The van der Waals surface area contributed by atoms with Gasteiger partial charge in [0.05, 0.1) is 4.92 Å². The standard InChI is InChI=1S/C14H22N4O2/c1-3-10-6-4-5-7-11(10)16-14-12(18(19)20)8-9-13(15-2)17-14/h8-11H,3-7H2,1-2H3,(H2,15,16,17). The molecule has 1 heterocycles. The van der Waals surface area contributed by atoms with E-state index in [2.05, 4.69) is 22.5 Å². The zero-order valence-electron chi connectivity index (χ0n) is 12.1. The first-order valence-corrected chi connectivity index (χ1v) is 7.25. The Hall–Kier alpha value is -1.85. The molecule has 0 aliphatic heterocycles. The van der Waals surface area contributed by atoms with E-state index in [1.54, 1.807) is 13.1 Å². The predicted octanol–water partition coefficient (Wildman–Crippen LogP) is 3.41. The fraction of sp³-hybridized carbons (Fsp3) is 0.643. The highest BCUT2D eigenvalue weighted by atomic mass is 16.6. The monoisotopic (exact) mass is 278 g/mol. The third-order valence-electron chi connectivity index (χ3n) is 4.08. The Morgan fingerprint density at radius 1 is 1.40 bits per heavy atom. The van der Waals surface area contributed by atoms with E-state index in [1.807, 2.05) is 0 Å². The van der Waals surface area contributed by atoms with Gasteiger partial charge < -0.3 is 10.6 Å². The second kappa shape index (κ2) is 6.54. The van der Waals surface area contributed by atoms with Crippen molar-refractivity contribution in [3.8, 4) is 0 Å². The van der Waals surface area contributed by atoms with Crippen LogP contribution in [0, 0.1) is 16.0 Å². The highest BCUT2D eigenvalue weighted by Crippen LogP contribution is 2.32. The lowest BCUT2D eigenvalue weighted by Gasteiger charge is -2.31. The van der Waals surface area contributed by atoms with E-state index < -0.39 is 0 Å². The number of hydrogen-bond acceptors (Lipinski definition) is 5. The molecule has 1 saturated carbocycles. The summed E-state index contributed by atoms with van der Waals surface area (Å²) in [4.78, 5) is 15.1. The minimum atomic E-state index is -0.376. The number of hydrogen-bond donors (Lipinski definition) is 2. The molecule has 1 aromatic heterocycles. The number of aromatic nitrogens is 1. The van der Waals surface area contributed by atoms with E-state index in [1.165, 1.54) is 25.3 Å². The lowest BCUT2D eigenvalue weighted by molar-refractivity contribution is -0.384. The van der Waals surface area contributed by atoms with Crippen LogP contribution in [0.15, 0.2) is 12.1 Å². The van der Waals surface area contributed by atoms with Crippen LogP contribution in [-0.2, 0) is 0 Å². The van der Waals surface area contributed by atoms with Gasteiger partial charge in [-0.3, -0.25) is 10.1 Å². The van der Waals surface area contributed by atoms with Gasteiger partial charge in [-0.05, 0) is 24.8 Å². The molecule has 1 aliphatic carbocycles. The van der Waals surface area contributed by atoms with E-state index >= 15 is 0 Å². The van der Waals surface area contributed by atoms with Crippen molar-refractivity contribution in [3.05, 3.63) is 22.2 Å². The van der Waals surface area contributed by atoms with Gasteiger partial charge in [-0.2, -0.15) is 0 Å². The molecule has 1 aliphatic rings. The summed E-state index contributed by atoms with van der Waals surface area (Å²) >= 11 is 0. The number of pyridine rings is 1. The Bertz CT molecular complexity index is 478. The molecule has 2 atom stereocenters. The lowest BCUT2D eigenvalue weighted by Crippen LogP contribution is -2.32. The van der Waals surface area contributed by atoms with Crippen LogP contribution in [0.25, 0.3) is 0 Å². The van der Waals surface area contributed by atoms with E-state index in [0.29, 0.717) is 17.6 Å². The van der Waals surface area contributed by atoms with Crippen LogP contribution in [0.5, 0.6) is 0 Å². The average molecular weight is 278 g/mol. The molecule has 2 unspecified atom stereocenters. The van der Waals surface area contributed by atoms with E-state index in [9.17, 15) is 10.1 Å². The molecule has 6 heteroatoms. The summed E-state index contributed by atoms with van der Waals surface area (Å²) < 4.78 is 0. The number of nitrogens with zero attached hydrogens (tertiary/aromatic N) is 2. The van der Waals surface area contributed by atoms with Crippen LogP contribution in [-0.4, -0.2) is 23.0 Å². The maximum Gasteiger partial charge on any atom is 0.311 e. The SMILES string of the molecule is CCC1CCCCC1Nc1nc(NC)ccc1[N+](=O)[O-]. The molecule has 0 saturated heterocycles. The molecule has 1 aromatic rings. The summed E-state index contributed by atoms with van der Waals surface area (Å²) in [6.07, 6.45) is 5.77. The molecule has 1 fully saturated rings. The molecule has 2 N–H and O–H groups in total. The summed E-state index contributed by atoms with van der Waals surface area (Å²) in [7, 11) is 1.76. The van der Waals surface area contributed by atoms with Crippen LogP contribution < -0.4 is 10.6 Å². The average Bonchev–Trinajstić information content (AvgIpc) is 2.47. The van der Waals surface area contributed by atoms with Crippen molar-refractivity contribution in [2.24, 2.45) is 5.92 Å². The minimum Gasteiger partial charge on any atom is -0.373 e. The van der Waals surface area contributed by atoms with Gasteiger partial charge >= 0.3 is 5.69 Å². The highest BCUT2D eigenvalue weighted by molar-refractivity contribution is 5.60. The minimum absolute atomic E-state index is 0.0458. The molecule has 110 valence electrons. The first-order chi connectivity index (χ1) is 9.65. The molecule has 0 radical (unpaired) electrons. The van der Waals surface area contributed by atoms with Gasteiger partial charge in [-0.25, -0.2) is 4.98 Å². The normalized spacial score (nSPS) is 22.3. The number of nitrogens with one attached hydrogen (secondary N) is 2. The van der Waals surface area contributed by atoms with Crippen molar-refractivity contribution in [2.45, 2.75) is 45.1 Å². The number of rotatable bonds is 5. The molecule has 2 rings (SSSR count). The van der Waals surface area contributed by atoms with Gasteiger partial charge in [0.1, 0.15) is 5.82 Å². The van der Waals surface area contributed by atoms with Crippen molar-refractivity contribution in [1.29, 1.82) is 0 Å². The fourth-order valence-corrected chi connectivity index (χ4v) is 2.91. The number of nitro groups is 1. The van der Waals surface area contributed by atoms with E-state index in [-0.39, 0.29) is 16.7 Å². The van der Waals surface area contributed by atoms with Crippen molar-refractivity contribution in [3.63, 3.8) is 0 Å². The maximum absolute atomic E-state index is 11.1. The maximum atomic E-state index is 11.1. The molecule has 6 nitrogen and oxygen atoms in total. The summed E-state index contributed by atoms with van der Waals surface area (Å²) in [5, 5.41) is 17.4. The van der Waals surface area contributed by atoms with Crippen LogP contribution in [0.3, 0.4) is 0 Å². The van der Waals surface area contributed by atoms with Crippen molar-refractivity contribution < 1.29 is 4.92 Å².